The molecule has 1 nitrogen and oxygen atoms in total. The third-order valence-corrected chi connectivity index (χ3v) is 0.568. The van der Waals surface area contributed by atoms with Gasteiger partial charge in [0.2, 0.25) is 0 Å². The van der Waals surface area contributed by atoms with Gasteiger partial charge in [-0.3, -0.25) is 0 Å². The van der Waals surface area contributed by atoms with Gasteiger partial charge in [0, 0.05) is 25.9 Å². The molecule has 0 aliphatic heterocycles. The molecule has 7 heavy (non-hydrogen) atoms. The van der Waals surface area contributed by atoms with Gasteiger partial charge >= 0.3 is 0 Å². The molecule has 2 heteroatoms. The summed E-state index contributed by atoms with van der Waals surface area (Å²) >= 11 is 0. The van der Waals surface area contributed by atoms with Crippen LogP contribution in [0.15, 0.2) is 0 Å². The molecule has 38 valence electrons. The molecule has 0 aromatic heterocycles. The van der Waals surface area contributed by atoms with Gasteiger partial charge in [-0.25, -0.2) is 0 Å². The first-order chi connectivity index (χ1) is 2.77. The SMILES string of the molecule is CC(C)CC=O.[Zn]. The van der Waals surface area contributed by atoms with Crippen LogP contribution in [0, 0.1) is 5.92 Å². The van der Waals surface area contributed by atoms with E-state index in [1.165, 1.54) is 0 Å². The van der Waals surface area contributed by atoms with Gasteiger partial charge in [-0.2, -0.15) is 0 Å². The minimum Gasteiger partial charge on any atom is -0.303 e. The number of hydrogen-bond acceptors (Lipinski definition) is 1. The van der Waals surface area contributed by atoms with Crippen LogP contribution in [0.25, 0.3) is 0 Å². The standard InChI is InChI=1S/C5H10O.Zn/c1-5(2)3-4-6;/h4-5H,3H2,1-2H3;. The van der Waals surface area contributed by atoms with Crippen LogP contribution >= 0.6 is 0 Å². The number of aldehydes is 1. The van der Waals surface area contributed by atoms with Crippen LogP contribution in [0.4, 0.5) is 0 Å². The zero-order valence-electron chi connectivity index (χ0n) is 4.98. The Morgan fingerprint density at radius 3 is 2.00 bits per heavy atom. The van der Waals surface area contributed by atoms with Gasteiger partial charge in [-0.15, -0.1) is 0 Å². The summed E-state index contributed by atoms with van der Waals surface area (Å²) in [5, 5.41) is 0. The molecule has 0 N–H and O–H groups in total. The molecule has 0 aromatic rings. The van der Waals surface area contributed by atoms with E-state index >= 15 is 0 Å². The van der Waals surface area contributed by atoms with Crippen molar-refractivity contribution in [2.45, 2.75) is 20.3 Å². The maximum absolute atomic E-state index is 9.62. The van der Waals surface area contributed by atoms with Crippen molar-refractivity contribution in [2.24, 2.45) is 5.92 Å². The fourth-order valence-electron chi connectivity index (χ4n) is 0.192. The Morgan fingerprint density at radius 1 is 1.57 bits per heavy atom. The van der Waals surface area contributed by atoms with Crippen molar-refractivity contribution < 1.29 is 24.3 Å². The smallest absolute Gasteiger partial charge is 0.120 e. The molecule has 0 unspecified atom stereocenters. The minimum absolute atomic E-state index is 0. The second-order valence-corrected chi connectivity index (χ2v) is 1.80. The van der Waals surface area contributed by atoms with Crippen molar-refractivity contribution in [1.82, 2.24) is 0 Å². The molecule has 0 saturated heterocycles. The fraction of sp³-hybridized carbons (Fsp3) is 0.800. The number of rotatable bonds is 2. The molecule has 0 atom stereocenters. The van der Waals surface area contributed by atoms with Gasteiger partial charge in [0.1, 0.15) is 6.29 Å². The second kappa shape index (κ2) is 6.29. The molecule has 0 amide bonds. The van der Waals surface area contributed by atoms with E-state index in [0.717, 1.165) is 6.29 Å². The van der Waals surface area contributed by atoms with Gasteiger partial charge in [0.05, 0.1) is 0 Å². The van der Waals surface area contributed by atoms with E-state index in [1.54, 1.807) is 0 Å². The average molecular weight is 152 g/mol. The van der Waals surface area contributed by atoms with Crippen LogP contribution in [0.3, 0.4) is 0 Å². The molecule has 0 aromatic carbocycles. The van der Waals surface area contributed by atoms with Crippen molar-refractivity contribution >= 4 is 6.29 Å². The first kappa shape index (κ1) is 10.3. The molecule has 0 saturated carbocycles. The van der Waals surface area contributed by atoms with E-state index in [1.807, 2.05) is 13.8 Å². The van der Waals surface area contributed by atoms with E-state index in [-0.39, 0.29) is 19.5 Å². The Kier molecular flexibility index (Phi) is 9.27. The minimum atomic E-state index is 0. The topological polar surface area (TPSA) is 17.1 Å². The third kappa shape index (κ3) is 10.7. The van der Waals surface area contributed by atoms with Gasteiger partial charge < -0.3 is 4.79 Å². The van der Waals surface area contributed by atoms with E-state index in [9.17, 15) is 4.79 Å². The van der Waals surface area contributed by atoms with Crippen molar-refractivity contribution in [3.05, 3.63) is 0 Å². The van der Waals surface area contributed by atoms with Gasteiger partial charge in [0.25, 0.3) is 0 Å². The quantitative estimate of drug-likeness (QED) is 0.429. The summed E-state index contributed by atoms with van der Waals surface area (Å²) in [6.07, 6.45) is 1.64. The Bertz CT molecular complexity index is 43.3. The van der Waals surface area contributed by atoms with Crippen LogP contribution in [-0.4, -0.2) is 6.29 Å². The van der Waals surface area contributed by atoms with Crippen molar-refractivity contribution in [1.29, 1.82) is 0 Å². The van der Waals surface area contributed by atoms with Gasteiger partial charge in [-0.05, 0) is 5.92 Å². The fourth-order valence-corrected chi connectivity index (χ4v) is 0.192. The number of hydrogen-bond donors (Lipinski definition) is 0. The molecule has 0 radical (unpaired) electrons. The Balaban J connectivity index is 0. The molecule has 0 heterocycles. The second-order valence-electron chi connectivity index (χ2n) is 1.80. The van der Waals surface area contributed by atoms with Gasteiger partial charge in [-0.1, -0.05) is 13.8 Å². The van der Waals surface area contributed by atoms with Crippen molar-refractivity contribution in [3.8, 4) is 0 Å². The summed E-state index contributed by atoms with van der Waals surface area (Å²) in [7, 11) is 0. The molecule has 0 aliphatic rings. The summed E-state index contributed by atoms with van der Waals surface area (Å²) in [6, 6.07) is 0. The van der Waals surface area contributed by atoms with Crippen LogP contribution in [0.5, 0.6) is 0 Å². The summed E-state index contributed by atoms with van der Waals surface area (Å²) < 4.78 is 0. The Hall–Kier alpha value is 0.293. The molecule has 0 rings (SSSR count). The molecule has 0 spiro atoms. The normalized spacial score (nSPS) is 7.86. The molecular formula is C5H10OZn. The maximum Gasteiger partial charge on any atom is 0.120 e. The summed E-state index contributed by atoms with van der Waals surface area (Å²) in [6.45, 7) is 4.04. The summed E-state index contributed by atoms with van der Waals surface area (Å²) in [4.78, 5) is 9.62. The molecule has 0 fully saturated rings. The van der Waals surface area contributed by atoms with E-state index < -0.39 is 0 Å². The Labute approximate surface area is 57.2 Å². The first-order valence-electron chi connectivity index (χ1n) is 2.21. The number of carbonyl (C=O) groups is 1. The first-order valence-corrected chi connectivity index (χ1v) is 2.21. The molecule has 0 aliphatic carbocycles. The molecule has 0 bridgehead atoms. The largest absolute Gasteiger partial charge is 0.303 e. The average Bonchev–Trinajstić information content (AvgIpc) is 1.35. The van der Waals surface area contributed by atoms with Gasteiger partial charge in [0.15, 0.2) is 0 Å². The van der Waals surface area contributed by atoms with E-state index in [4.69, 9.17) is 0 Å². The predicted molar refractivity (Wildman–Crippen MR) is 25.5 cm³/mol. The summed E-state index contributed by atoms with van der Waals surface area (Å²) in [5.41, 5.74) is 0. The maximum atomic E-state index is 9.62. The Morgan fingerprint density at radius 2 is 2.00 bits per heavy atom. The zero-order chi connectivity index (χ0) is 4.99. The van der Waals surface area contributed by atoms with Crippen LogP contribution in [0.2, 0.25) is 0 Å². The van der Waals surface area contributed by atoms with Crippen molar-refractivity contribution in [3.63, 3.8) is 0 Å². The van der Waals surface area contributed by atoms with Crippen LogP contribution in [-0.2, 0) is 24.3 Å². The predicted octanol–water partition coefficient (Wildman–Crippen LogP) is 1.23. The van der Waals surface area contributed by atoms with Crippen LogP contribution < -0.4 is 0 Å². The third-order valence-electron chi connectivity index (χ3n) is 0.568. The van der Waals surface area contributed by atoms with E-state index in [0.29, 0.717) is 12.3 Å². The van der Waals surface area contributed by atoms with E-state index in [2.05, 4.69) is 0 Å². The number of carbonyl (C=O) groups excluding carboxylic acids is 1. The zero-order valence-corrected chi connectivity index (χ0v) is 7.94. The monoisotopic (exact) mass is 150 g/mol. The summed E-state index contributed by atoms with van der Waals surface area (Å²) in [5.74, 6) is 0.530. The molecular weight excluding hydrogens is 141 g/mol. The van der Waals surface area contributed by atoms with Crippen LogP contribution in [0.1, 0.15) is 20.3 Å². The van der Waals surface area contributed by atoms with Crippen molar-refractivity contribution in [2.75, 3.05) is 0 Å².